The van der Waals surface area contributed by atoms with Crippen LogP contribution in [0.1, 0.15) is 12.5 Å². The molecule has 0 saturated carbocycles. The lowest BCUT2D eigenvalue weighted by Crippen LogP contribution is -1.76. The number of allylic oxidation sites excluding steroid dienone is 1. The van der Waals surface area contributed by atoms with Crippen molar-refractivity contribution in [1.29, 1.82) is 0 Å². The fourth-order valence-electron chi connectivity index (χ4n) is 0.789. The lowest BCUT2D eigenvalue weighted by Gasteiger charge is -2.01. The molecule has 0 aliphatic rings. The van der Waals surface area contributed by atoms with Crippen molar-refractivity contribution in [3.05, 3.63) is 30.3 Å². The number of aromatic hydroxyl groups is 2. The number of hydrogen-bond donors (Lipinski definition) is 2. The van der Waals surface area contributed by atoms with Crippen LogP contribution in [-0.2, 0) is 0 Å². The summed E-state index contributed by atoms with van der Waals surface area (Å²) in [7, 11) is 0. The zero-order valence-electron chi connectivity index (χ0n) is 6.33. The standard InChI is InChI=1S/C9H10O2/c1-6(2)7-3-4-8(10)9(11)5-7/h3-5,10-11H,1H2,2H3. The Balaban J connectivity index is 3.15. The van der Waals surface area contributed by atoms with Gasteiger partial charge in [0.05, 0.1) is 0 Å². The Morgan fingerprint density at radius 3 is 2.36 bits per heavy atom. The van der Waals surface area contributed by atoms with E-state index >= 15 is 0 Å². The minimum Gasteiger partial charge on any atom is -0.504 e. The summed E-state index contributed by atoms with van der Waals surface area (Å²) in [5.41, 5.74) is 1.70. The van der Waals surface area contributed by atoms with Crippen molar-refractivity contribution in [1.82, 2.24) is 0 Å². The Bertz CT molecular complexity index is 290. The fraction of sp³-hybridized carbons (Fsp3) is 0.111. The molecule has 2 N–H and O–H groups in total. The molecule has 0 fully saturated rings. The lowest BCUT2D eigenvalue weighted by atomic mass is 10.1. The average Bonchev–Trinajstić information content (AvgIpc) is 1.94. The van der Waals surface area contributed by atoms with E-state index in [1.807, 2.05) is 6.92 Å². The van der Waals surface area contributed by atoms with Crippen LogP contribution in [0, 0.1) is 0 Å². The highest BCUT2D eigenvalue weighted by Crippen LogP contribution is 2.27. The third-order valence-corrected chi connectivity index (χ3v) is 1.47. The van der Waals surface area contributed by atoms with Gasteiger partial charge in [-0.3, -0.25) is 0 Å². The topological polar surface area (TPSA) is 40.5 Å². The van der Waals surface area contributed by atoms with E-state index in [9.17, 15) is 0 Å². The maximum Gasteiger partial charge on any atom is 0.157 e. The third-order valence-electron chi connectivity index (χ3n) is 1.47. The van der Waals surface area contributed by atoms with Crippen LogP contribution < -0.4 is 0 Å². The van der Waals surface area contributed by atoms with E-state index in [1.54, 1.807) is 6.07 Å². The summed E-state index contributed by atoms with van der Waals surface area (Å²) < 4.78 is 0. The lowest BCUT2D eigenvalue weighted by molar-refractivity contribution is 0.403. The van der Waals surface area contributed by atoms with E-state index in [0.29, 0.717) is 0 Å². The van der Waals surface area contributed by atoms with E-state index in [0.717, 1.165) is 11.1 Å². The molecule has 0 bridgehead atoms. The highest BCUT2D eigenvalue weighted by atomic mass is 16.3. The molecule has 0 aromatic heterocycles. The fourth-order valence-corrected chi connectivity index (χ4v) is 0.789. The molecule has 0 aliphatic heterocycles. The summed E-state index contributed by atoms with van der Waals surface area (Å²) in [5.74, 6) is -0.208. The first kappa shape index (κ1) is 7.66. The Hall–Kier alpha value is -1.44. The number of benzene rings is 1. The van der Waals surface area contributed by atoms with Crippen LogP contribution in [0.15, 0.2) is 24.8 Å². The van der Waals surface area contributed by atoms with Gasteiger partial charge < -0.3 is 10.2 Å². The summed E-state index contributed by atoms with van der Waals surface area (Å²) in [6, 6.07) is 4.63. The molecule has 0 amide bonds. The van der Waals surface area contributed by atoms with E-state index < -0.39 is 0 Å². The van der Waals surface area contributed by atoms with Gasteiger partial charge in [-0.05, 0) is 24.6 Å². The zero-order valence-corrected chi connectivity index (χ0v) is 6.33. The average molecular weight is 150 g/mol. The number of phenolic OH excluding ortho intramolecular Hbond substituents is 2. The third kappa shape index (κ3) is 1.52. The molecule has 11 heavy (non-hydrogen) atoms. The first-order chi connectivity index (χ1) is 5.11. The Labute approximate surface area is 65.4 Å². The van der Waals surface area contributed by atoms with E-state index in [-0.39, 0.29) is 11.5 Å². The van der Waals surface area contributed by atoms with Crippen molar-refractivity contribution in [2.75, 3.05) is 0 Å². The van der Waals surface area contributed by atoms with Crippen molar-refractivity contribution in [2.24, 2.45) is 0 Å². The van der Waals surface area contributed by atoms with Crippen LogP contribution in [0.5, 0.6) is 11.5 Å². The molecule has 0 spiro atoms. The second-order valence-electron chi connectivity index (χ2n) is 2.48. The van der Waals surface area contributed by atoms with Gasteiger partial charge in [0.1, 0.15) is 0 Å². The van der Waals surface area contributed by atoms with Gasteiger partial charge in [-0.1, -0.05) is 18.2 Å². The first-order valence-corrected chi connectivity index (χ1v) is 3.29. The van der Waals surface area contributed by atoms with Crippen molar-refractivity contribution in [3.8, 4) is 11.5 Å². The molecule has 0 unspecified atom stereocenters. The van der Waals surface area contributed by atoms with Gasteiger partial charge in [0.2, 0.25) is 0 Å². The van der Waals surface area contributed by atoms with Crippen LogP contribution in [0.4, 0.5) is 0 Å². The van der Waals surface area contributed by atoms with Gasteiger partial charge in [-0.2, -0.15) is 0 Å². The van der Waals surface area contributed by atoms with Gasteiger partial charge in [-0.15, -0.1) is 0 Å². The molecule has 58 valence electrons. The van der Waals surface area contributed by atoms with Crippen molar-refractivity contribution < 1.29 is 10.2 Å². The van der Waals surface area contributed by atoms with E-state index in [2.05, 4.69) is 6.58 Å². The van der Waals surface area contributed by atoms with Gasteiger partial charge in [0.15, 0.2) is 11.5 Å². The number of phenols is 2. The first-order valence-electron chi connectivity index (χ1n) is 3.29. The maximum absolute atomic E-state index is 9.06. The minimum atomic E-state index is -0.106. The molecule has 0 radical (unpaired) electrons. The summed E-state index contributed by atoms with van der Waals surface area (Å²) >= 11 is 0. The van der Waals surface area contributed by atoms with Crippen LogP contribution in [0.3, 0.4) is 0 Å². The number of hydrogen-bond acceptors (Lipinski definition) is 2. The van der Waals surface area contributed by atoms with Crippen molar-refractivity contribution >= 4 is 5.57 Å². The maximum atomic E-state index is 9.06. The summed E-state index contributed by atoms with van der Waals surface area (Å²) in [5, 5.41) is 18.0. The zero-order chi connectivity index (χ0) is 8.43. The van der Waals surface area contributed by atoms with Crippen molar-refractivity contribution in [3.63, 3.8) is 0 Å². The predicted molar refractivity (Wildman–Crippen MR) is 44.5 cm³/mol. The Kier molecular flexibility index (Phi) is 1.85. The summed E-state index contributed by atoms with van der Waals surface area (Å²) in [4.78, 5) is 0. The van der Waals surface area contributed by atoms with E-state index in [4.69, 9.17) is 10.2 Å². The van der Waals surface area contributed by atoms with Crippen LogP contribution in [0.25, 0.3) is 5.57 Å². The molecular formula is C9H10O2. The molecule has 2 nitrogen and oxygen atoms in total. The largest absolute Gasteiger partial charge is 0.504 e. The molecule has 2 heteroatoms. The molecule has 0 heterocycles. The summed E-state index contributed by atoms with van der Waals surface area (Å²) in [6.07, 6.45) is 0. The van der Waals surface area contributed by atoms with Gasteiger partial charge in [0, 0.05) is 0 Å². The van der Waals surface area contributed by atoms with Gasteiger partial charge in [-0.25, -0.2) is 0 Å². The van der Waals surface area contributed by atoms with Gasteiger partial charge in [0.25, 0.3) is 0 Å². The van der Waals surface area contributed by atoms with Crippen molar-refractivity contribution in [2.45, 2.75) is 6.92 Å². The predicted octanol–water partition coefficient (Wildman–Crippen LogP) is 2.13. The molecule has 1 aromatic rings. The molecule has 0 saturated heterocycles. The van der Waals surface area contributed by atoms with E-state index in [1.165, 1.54) is 12.1 Å². The van der Waals surface area contributed by atoms with Crippen LogP contribution in [-0.4, -0.2) is 10.2 Å². The molecule has 0 atom stereocenters. The highest BCUT2D eigenvalue weighted by molar-refractivity contribution is 5.64. The SMILES string of the molecule is C=C(C)c1ccc(O)c(O)c1. The minimum absolute atomic E-state index is 0.102. The van der Waals surface area contributed by atoms with Crippen LogP contribution >= 0.6 is 0 Å². The molecule has 0 aliphatic carbocycles. The monoisotopic (exact) mass is 150 g/mol. The number of rotatable bonds is 1. The quantitative estimate of drug-likeness (QED) is 0.602. The normalized spacial score (nSPS) is 9.55. The van der Waals surface area contributed by atoms with Crippen LogP contribution in [0.2, 0.25) is 0 Å². The van der Waals surface area contributed by atoms with Gasteiger partial charge >= 0.3 is 0 Å². The highest BCUT2D eigenvalue weighted by Gasteiger charge is 1.99. The second-order valence-corrected chi connectivity index (χ2v) is 2.48. The summed E-state index contributed by atoms with van der Waals surface area (Å²) in [6.45, 7) is 5.54. The second kappa shape index (κ2) is 2.66. The smallest absolute Gasteiger partial charge is 0.157 e. The molecular weight excluding hydrogens is 140 g/mol. The Morgan fingerprint density at radius 1 is 1.27 bits per heavy atom. The molecule has 1 rings (SSSR count). The molecule has 1 aromatic carbocycles. The Morgan fingerprint density at radius 2 is 1.91 bits per heavy atom.